The predicted molar refractivity (Wildman–Crippen MR) is 53.6 cm³/mol. The normalized spacial score (nSPS) is 10.6. The highest BCUT2D eigenvalue weighted by Gasteiger charge is 2.02. The van der Waals surface area contributed by atoms with Gasteiger partial charge in [0.15, 0.2) is 0 Å². The van der Waals surface area contributed by atoms with Crippen LogP contribution in [0.4, 0.5) is 0 Å². The molecule has 0 aliphatic carbocycles. The number of hydrogen-bond donors (Lipinski definition) is 1. The first-order chi connectivity index (χ1) is 6.16. The second-order valence-electron chi connectivity index (χ2n) is 2.86. The lowest BCUT2D eigenvalue weighted by molar-refractivity contribution is 0.447. The summed E-state index contributed by atoms with van der Waals surface area (Å²) < 4.78 is 0.970. The molecule has 1 N–H and O–H groups in total. The summed E-state index contributed by atoms with van der Waals surface area (Å²) in [5.41, 5.74) is 1.85. The summed E-state index contributed by atoms with van der Waals surface area (Å²) in [7, 11) is 0. The first kappa shape index (κ1) is 8.44. The van der Waals surface area contributed by atoms with Gasteiger partial charge in [0.25, 0.3) is 0 Å². The summed E-state index contributed by atoms with van der Waals surface area (Å²) in [6.45, 7) is 1.97. The minimum Gasteiger partial charge on any atom is -0.492 e. The summed E-state index contributed by atoms with van der Waals surface area (Å²) in [4.78, 5) is 0. The maximum Gasteiger partial charge on any atom is 0.231 e. The molecule has 2 aromatic rings. The smallest absolute Gasteiger partial charge is 0.231 e. The standard InChI is InChI=1S/C9H7BrN2O/c1-5-2-6(10)3-8-7(5)4-9(13)12-11-8/h2-4H,1H3,(H,12,13). The average molecular weight is 239 g/mol. The van der Waals surface area contributed by atoms with Crippen LogP contribution in [0.5, 0.6) is 5.88 Å². The Morgan fingerprint density at radius 2 is 2.00 bits per heavy atom. The van der Waals surface area contributed by atoms with Crippen LogP contribution in [0.25, 0.3) is 10.9 Å². The molecule has 0 saturated heterocycles. The van der Waals surface area contributed by atoms with Crippen molar-refractivity contribution in [2.24, 2.45) is 0 Å². The molecule has 0 saturated carbocycles. The lowest BCUT2D eigenvalue weighted by atomic mass is 10.1. The Bertz CT molecular complexity index is 470. The van der Waals surface area contributed by atoms with Crippen LogP contribution < -0.4 is 0 Å². The molecule has 0 bridgehead atoms. The number of halogens is 1. The monoisotopic (exact) mass is 238 g/mol. The van der Waals surface area contributed by atoms with Gasteiger partial charge in [0.1, 0.15) is 0 Å². The Kier molecular flexibility index (Phi) is 1.92. The van der Waals surface area contributed by atoms with Gasteiger partial charge >= 0.3 is 0 Å². The van der Waals surface area contributed by atoms with E-state index in [0.717, 1.165) is 20.9 Å². The summed E-state index contributed by atoms with van der Waals surface area (Å²) in [5, 5.41) is 17.5. The Hall–Kier alpha value is -1.16. The van der Waals surface area contributed by atoms with Gasteiger partial charge < -0.3 is 5.11 Å². The molecule has 0 amide bonds. The fourth-order valence-corrected chi connectivity index (χ4v) is 1.83. The fraction of sp³-hybridized carbons (Fsp3) is 0.111. The van der Waals surface area contributed by atoms with Crippen molar-refractivity contribution in [3.05, 3.63) is 28.2 Å². The zero-order valence-electron chi connectivity index (χ0n) is 6.95. The van der Waals surface area contributed by atoms with Crippen molar-refractivity contribution in [1.82, 2.24) is 10.2 Å². The molecule has 0 radical (unpaired) electrons. The van der Waals surface area contributed by atoms with Crippen molar-refractivity contribution in [1.29, 1.82) is 0 Å². The van der Waals surface area contributed by atoms with E-state index in [1.165, 1.54) is 0 Å². The summed E-state index contributed by atoms with van der Waals surface area (Å²) in [6.07, 6.45) is 0. The first-order valence-electron chi connectivity index (χ1n) is 3.79. The Morgan fingerprint density at radius 1 is 1.23 bits per heavy atom. The van der Waals surface area contributed by atoms with Gasteiger partial charge in [-0.15, -0.1) is 10.2 Å². The van der Waals surface area contributed by atoms with Crippen LogP contribution in [0.1, 0.15) is 5.56 Å². The van der Waals surface area contributed by atoms with Gasteiger partial charge in [-0.05, 0) is 24.6 Å². The molecule has 0 aliphatic rings. The first-order valence-corrected chi connectivity index (χ1v) is 4.58. The van der Waals surface area contributed by atoms with Gasteiger partial charge in [0.05, 0.1) is 5.52 Å². The van der Waals surface area contributed by atoms with Gasteiger partial charge in [-0.25, -0.2) is 0 Å². The highest BCUT2D eigenvalue weighted by molar-refractivity contribution is 9.10. The number of aromatic nitrogens is 2. The van der Waals surface area contributed by atoms with Crippen LogP contribution in [0.2, 0.25) is 0 Å². The van der Waals surface area contributed by atoms with Crippen molar-refractivity contribution in [3.8, 4) is 5.88 Å². The van der Waals surface area contributed by atoms with Gasteiger partial charge in [-0.2, -0.15) is 0 Å². The van der Waals surface area contributed by atoms with E-state index in [1.807, 2.05) is 19.1 Å². The molecule has 4 heteroatoms. The minimum absolute atomic E-state index is 0.0436. The largest absolute Gasteiger partial charge is 0.492 e. The molecule has 1 aromatic carbocycles. The molecule has 0 fully saturated rings. The number of aromatic hydroxyl groups is 1. The van der Waals surface area contributed by atoms with Gasteiger partial charge in [-0.3, -0.25) is 0 Å². The number of rotatable bonds is 0. The lowest BCUT2D eigenvalue weighted by Gasteiger charge is -2.01. The zero-order valence-corrected chi connectivity index (χ0v) is 8.54. The third-order valence-corrected chi connectivity index (χ3v) is 2.32. The minimum atomic E-state index is -0.0436. The molecule has 0 unspecified atom stereocenters. The Morgan fingerprint density at radius 3 is 2.77 bits per heavy atom. The SMILES string of the molecule is Cc1cc(Br)cc2nnc(O)cc12. The molecule has 1 heterocycles. The second-order valence-corrected chi connectivity index (χ2v) is 3.77. The van der Waals surface area contributed by atoms with E-state index >= 15 is 0 Å². The molecule has 0 spiro atoms. The van der Waals surface area contributed by atoms with Gasteiger partial charge in [-0.1, -0.05) is 15.9 Å². The van der Waals surface area contributed by atoms with Crippen LogP contribution in [-0.2, 0) is 0 Å². The second kappa shape index (κ2) is 2.96. The molecule has 2 rings (SSSR count). The molecule has 0 atom stereocenters. The molecule has 0 aliphatic heterocycles. The van der Waals surface area contributed by atoms with E-state index in [9.17, 15) is 0 Å². The van der Waals surface area contributed by atoms with Crippen molar-refractivity contribution in [2.75, 3.05) is 0 Å². The topological polar surface area (TPSA) is 46.0 Å². The van der Waals surface area contributed by atoms with E-state index in [2.05, 4.69) is 26.1 Å². The zero-order chi connectivity index (χ0) is 9.42. The maximum atomic E-state index is 9.14. The van der Waals surface area contributed by atoms with E-state index in [4.69, 9.17) is 5.11 Å². The number of aryl methyl sites for hydroxylation is 1. The van der Waals surface area contributed by atoms with Crippen molar-refractivity contribution in [3.63, 3.8) is 0 Å². The van der Waals surface area contributed by atoms with Crippen LogP contribution in [-0.4, -0.2) is 15.3 Å². The highest BCUT2D eigenvalue weighted by Crippen LogP contribution is 2.23. The predicted octanol–water partition coefficient (Wildman–Crippen LogP) is 2.41. The van der Waals surface area contributed by atoms with Crippen molar-refractivity contribution >= 4 is 26.8 Å². The Labute approximate surface area is 83.5 Å². The molecular formula is C9H7BrN2O. The van der Waals surface area contributed by atoms with Crippen molar-refractivity contribution < 1.29 is 5.11 Å². The molecular weight excluding hydrogens is 232 g/mol. The van der Waals surface area contributed by atoms with Gasteiger partial charge in [0, 0.05) is 15.9 Å². The third-order valence-electron chi connectivity index (χ3n) is 1.86. The van der Waals surface area contributed by atoms with Crippen LogP contribution in [0, 0.1) is 6.92 Å². The van der Waals surface area contributed by atoms with Crippen LogP contribution >= 0.6 is 15.9 Å². The summed E-state index contributed by atoms with van der Waals surface area (Å²) >= 11 is 3.37. The summed E-state index contributed by atoms with van der Waals surface area (Å²) in [5.74, 6) is -0.0436. The van der Waals surface area contributed by atoms with E-state index < -0.39 is 0 Å². The molecule has 66 valence electrons. The molecule has 13 heavy (non-hydrogen) atoms. The average Bonchev–Trinajstić information content (AvgIpc) is 2.06. The van der Waals surface area contributed by atoms with Gasteiger partial charge in [0.2, 0.25) is 5.88 Å². The lowest BCUT2D eigenvalue weighted by Crippen LogP contribution is -1.86. The Balaban J connectivity index is 2.87. The van der Waals surface area contributed by atoms with E-state index in [0.29, 0.717) is 0 Å². The van der Waals surface area contributed by atoms with E-state index in [-0.39, 0.29) is 5.88 Å². The maximum absolute atomic E-state index is 9.14. The third kappa shape index (κ3) is 1.49. The number of benzene rings is 1. The van der Waals surface area contributed by atoms with Crippen molar-refractivity contribution in [2.45, 2.75) is 6.92 Å². The van der Waals surface area contributed by atoms with Crippen LogP contribution in [0.15, 0.2) is 22.7 Å². The molecule has 3 nitrogen and oxygen atoms in total. The number of hydrogen-bond acceptors (Lipinski definition) is 3. The highest BCUT2D eigenvalue weighted by atomic mass is 79.9. The quantitative estimate of drug-likeness (QED) is 0.767. The molecule has 1 aromatic heterocycles. The van der Waals surface area contributed by atoms with E-state index in [1.54, 1.807) is 6.07 Å². The number of nitrogens with zero attached hydrogens (tertiary/aromatic N) is 2. The number of fused-ring (bicyclic) bond motifs is 1. The summed E-state index contributed by atoms with van der Waals surface area (Å²) in [6, 6.07) is 5.46. The van der Waals surface area contributed by atoms with Crippen LogP contribution in [0.3, 0.4) is 0 Å². The fourth-order valence-electron chi connectivity index (χ4n) is 1.27.